The van der Waals surface area contributed by atoms with Gasteiger partial charge in [-0.05, 0) is 107 Å². The molecule has 0 radical (unpaired) electrons. The highest BCUT2D eigenvalue weighted by molar-refractivity contribution is 6.13. The van der Waals surface area contributed by atoms with E-state index >= 15 is 0 Å². The zero-order valence-corrected chi connectivity index (χ0v) is 30.3. The lowest BCUT2D eigenvalue weighted by Gasteiger charge is -2.14. The molecule has 262 valence electrons. The highest BCUT2D eigenvalue weighted by atomic mass is 15.0. The van der Waals surface area contributed by atoms with Gasteiger partial charge in [-0.1, -0.05) is 84.9 Å². The average Bonchev–Trinajstić information content (AvgIpc) is 3.91. The number of aromatic nitrogens is 3. The highest BCUT2D eigenvalue weighted by Gasteiger charge is 2.19. The quantitative estimate of drug-likeness (QED) is 0.167. The Balaban J connectivity index is 1.10. The summed E-state index contributed by atoms with van der Waals surface area (Å²) in [6.45, 7) is 15.3. The summed E-state index contributed by atoms with van der Waals surface area (Å²) in [4.78, 5) is 7.44. The number of benzene rings is 8. The van der Waals surface area contributed by atoms with Gasteiger partial charge in [-0.25, -0.2) is 9.69 Å². The molecule has 6 heteroatoms. The van der Waals surface area contributed by atoms with Crippen LogP contribution in [0.4, 0.5) is 11.4 Å². The molecule has 0 N–H and O–H groups in total. The number of nitriles is 1. The van der Waals surface area contributed by atoms with E-state index in [2.05, 4.69) is 139 Å². The van der Waals surface area contributed by atoms with Crippen LogP contribution in [-0.2, 0) is 0 Å². The zero-order valence-electron chi connectivity index (χ0n) is 30.3. The normalized spacial score (nSPS) is 11.5. The third kappa shape index (κ3) is 4.81. The van der Waals surface area contributed by atoms with Crippen LogP contribution in [0.2, 0.25) is 0 Å². The summed E-state index contributed by atoms with van der Waals surface area (Å²) in [6.07, 6.45) is 0. The predicted octanol–water partition coefficient (Wildman–Crippen LogP) is 13.6. The smallest absolute Gasteiger partial charge is 0.188 e. The van der Waals surface area contributed by atoms with Crippen molar-refractivity contribution in [2.75, 3.05) is 0 Å². The average molecular weight is 725 g/mol. The largest absolute Gasteiger partial charge is 0.309 e. The lowest BCUT2D eigenvalue weighted by Crippen LogP contribution is -1.98. The SMILES string of the molecule is [C-]#[N+]c1ccc2c(c1)c1ccccc1n2-c1ccc(-c2cc(C#N)cc(-n3c4ccc([N+]#[C-])cc4c4ccc(-n5c6ccccc6c6ccccc65)cc43)c2)cc1. The summed E-state index contributed by atoms with van der Waals surface area (Å²) >= 11 is 0. The number of para-hydroxylation sites is 3. The fourth-order valence-corrected chi connectivity index (χ4v) is 8.77. The second kappa shape index (κ2) is 12.3. The molecule has 6 nitrogen and oxygen atoms in total. The Labute approximate surface area is 327 Å². The first-order chi connectivity index (χ1) is 28.1. The lowest BCUT2D eigenvalue weighted by atomic mass is 10.0. The van der Waals surface area contributed by atoms with Crippen molar-refractivity contribution in [1.82, 2.24) is 13.7 Å². The van der Waals surface area contributed by atoms with E-state index in [0.717, 1.165) is 82.8 Å². The minimum Gasteiger partial charge on any atom is -0.309 e. The van der Waals surface area contributed by atoms with Crippen molar-refractivity contribution in [1.29, 1.82) is 5.26 Å². The maximum atomic E-state index is 10.4. The standard InChI is InChI=1S/C51H28N6/c1-53-35-17-23-49-44(28-35)42-11-5-8-14-48(42)55(49)37-19-15-33(16-20-37)34-25-32(31-52)26-39(27-34)57-50-24-18-36(54-2)29-45(50)43-22-21-38(30-51(43)57)56-46-12-6-3-9-40(46)41-10-4-7-13-47(41)56/h3-30H. The van der Waals surface area contributed by atoms with Gasteiger partial charge in [-0.15, -0.1) is 0 Å². The molecule has 3 aromatic heterocycles. The fourth-order valence-electron chi connectivity index (χ4n) is 8.77. The summed E-state index contributed by atoms with van der Waals surface area (Å²) in [5, 5.41) is 16.9. The van der Waals surface area contributed by atoms with Gasteiger partial charge in [-0.3, -0.25) is 0 Å². The van der Waals surface area contributed by atoms with E-state index in [4.69, 9.17) is 13.1 Å². The molecule has 0 aliphatic heterocycles. The van der Waals surface area contributed by atoms with E-state index in [0.29, 0.717) is 16.9 Å². The minimum atomic E-state index is 0.552. The van der Waals surface area contributed by atoms with Gasteiger partial charge in [0.15, 0.2) is 11.4 Å². The fraction of sp³-hybridized carbons (Fsp3) is 0. The topological polar surface area (TPSA) is 47.3 Å². The third-order valence-electron chi connectivity index (χ3n) is 11.2. The summed E-state index contributed by atoms with van der Waals surface area (Å²) in [6, 6.07) is 60.5. The van der Waals surface area contributed by atoms with Gasteiger partial charge in [-0.2, -0.15) is 5.26 Å². The van der Waals surface area contributed by atoms with Crippen molar-refractivity contribution in [3.63, 3.8) is 0 Å². The van der Waals surface area contributed by atoms with E-state index in [-0.39, 0.29) is 0 Å². The van der Waals surface area contributed by atoms with Crippen LogP contribution >= 0.6 is 0 Å². The van der Waals surface area contributed by atoms with Crippen LogP contribution in [0, 0.1) is 24.5 Å². The molecule has 0 amide bonds. The zero-order chi connectivity index (χ0) is 38.2. The minimum absolute atomic E-state index is 0.552. The Hall–Kier alpha value is -8.37. The first kappa shape index (κ1) is 32.1. The van der Waals surface area contributed by atoms with E-state index in [1.54, 1.807) is 0 Å². The van der Waals surface area contributed by atoms with Crippen LogP contribution < -0.4 is 0 Å². The van der Waals surface area contributed by atoms with Crippen molar-refractivity contribution in [2.24, 2.45) is 0 Å². The second-order valence-corrected chi connectivity index (χ2v) is 14.3. The molecular formula is C51H28N6. The van der Waals surface area contributed by atoms with Gasteiger partial charge in [0.1, 0.15) is 0 Å². The molecule has 8 aromatic carbocycles. The molecule has 57 heavy (non-hydrogen) atoms. The first-order valence-corrected chi connectivity index (χ1v) is 18.6. The van der Waals surface area contributed by atoms with Gasteiger partial charge >= 0.3 is 0 Å². The lowest BCUT2D eigenvalue weighted by molar-refractivity contribution is 1.15. The number of hydrogen-bond acceptors (Lipinski definition) is 1. The van der Waals surface area contributed by atoms with Gasteiger partial charge in [0, 0.05) is 38.6 Å². The highest BCUT2D eigenvalue weighted by Crippen LogP contribution is 2.40. The monoisotopic (exact) mass is 724 g/mol. The molecule has 0 atom stereocenters. The van der Waals surface area contributed by atoms with Crippen LogP contribution in [0.15, 0.2) is 170 Å². The van der Waals surface area contributed by atoms with Gasteiger partial charge in [0.05, 0.1) is 57.9 Å². The molecule has 0 fully saturated rings. The summed E-state index contributed by atoms with van der Waals surface area (Å²) in [5.74, 6) is 0. The Morgan fingerprint density at radius 1 is 0.368 bits per heavy atom. The first-order valence-electron chi connectivity index (χ1n) is 18.6. The van der Waals surface area contributed by atoms with Crippen molar-refractivity contribution >= 4 is 76.8 Å². The molecule has 0 unspecified atom stereocenters. The number of nitrogens with zero attached hydrogens (tertiary/aromatic N) is 6. The summed E-state index contributed by atoms with van der Waals surface area (Å²) in [7, 11) is 0. The van der Waals surface area contributed by atoms with E-state index in [9.17, 15) is 5.26 Å². The van der Waals surface area contributed by atoms with Crippen LogP contribution in [0.25, 0.3) is 103 Å². The van der Waals surface area contributed by atoms with E-state index in [1.807, 2.05) is 60.7 Å². The van der Waals surface area contributed by atoms with E-state index < -0.39 is 0 Å². The van der Waals surface area contributed by atoms with Crippen LogP contribution in [0.1, 0.15) is 5.56 Å². The molecule has 0 saturated heterocycles. The van der Waals surface area contributed by atoms with Crippen molar-refractivity contribution in [3.8, 4) is 34.3 Å². The molecule has 0 spiro atoms. The Bertz CT molecular complexity index is 3560. The van der Waals surface area contributed by atoms with Crippen molar-refractivity contribution in [2.45, 2.75) is 0 Å². The number of rotatable bonds is 4. The van der Waals surface area contributed by atoms with Crippen molar-refractivity contribution in [3.05, 3.63) is 198 Å². The Kier molecular flexibility index (Phi) is 6.95. The predicted molar refractivity (Wildman–Crippen MR) is 232 cm³/mol. The second-order valence-electron chi connectivity index (χ2n) is 14.3. The molecule has 0 aliphatic rings. The van der Waals surface area contributed by atoms with Crippen LogP contribution in [0.3, 0.4) is 0 Å². The molecule has 0 saturated carbocycles. The van der Waals surface area contributed by atoms with E-state index in [1.165, 1.54) is 10.8 Å². The maximum absolute atomic E-state index is 10.4. The molecule has 11 aromatic rings. The maximum Gasteiger partial charge on any atom is 0.188 e. The molecule has 3 heterocycles. The van der Waals surface area contributed by atoms with Crippen LogP contribution in [0.5, 0.6) is 0 Å². The van der Waals surface area contributed by atoms with Gasteiger partial charge in [0.2, 0.25) is 0 Å². The van der Waals surface area contributed by atoms with Crippen molar-refractivity contribution < 1.29 is 0 Å². The molecule has 11 rings (SSSR count). The Morgan fingerprint density at radius 3 is 1.40 bits per heavy atom. The number of fused-ring (bicyclic) bond motifs is 9. The third-order valence-corrected chi connectivity index (χ3v) is 11.2. The van der Waals surface area contributed by atoms with Crippen LogP contribution in [-0.4, -0.2) is 13.7 Å². The van der Waals surface area contributed by atoms with Gasteiger partial charge < -0.3 is 13.7 Å². The summed E-state index contributed by atoms with van der Waals surface area (Å²) < 4.78 is 6.78. The molecule has 0 aliphatic carbocycles. The van der Waals surface area contributed by atoms with Gasteiger partial charge in [0.25, 0.3) is 0 Å². The molecule has 0 bridgehead atoms. The summed E-state index contributed by atoms with van der Waals surface area (Å²) in [5.41, 5.74) is 12.9. The Morgan fingerprint density at radius 2 is 0.842 bits per heavy atom. The molecular weight excluding hydrogens is 697 g/mol. The number of hydrogen-bond donors (Lipinski definition) is 0.